The molecule has 1 aromatic heterocycles. The Labute approximate surface area is 103 Å². The van der Waals surface area contributed by atoms with Gasteiger partial charge in [-0.3, -0.25) is 4.98 Å². The lowest BCUT2D eigenvalue weighted by molar-refractivity contribution is 0.171. The van der Waals surface area contributed by atoms with Crippen LogP contribution in [-0.4, -0.2) is 31.3 Å². The van der Waals surface area contributed by atoms with E-state index in [1.54, 1.807) is 7.11 Å². The summed E-state index contributed by atoms with van der Waals surface area (Å²) >= 11 is 0. The second kappa shape index (κ2) is 7.25. The van der Waals surface area contributed by atoms with Crippen molar-refractivity contribution in [3.8, 4) is 5.75 Å². The molecule has 0 aromatic carbocycles. The molecule has 1 heterocycles. The molecule has 4 heteroatoms. The van der Waals surface area contributed by atoms with Gasteiger partial charge in [0.2, 0.25) is 0 Å². The number of aromatic nitrogens is 1. The molecule has 0 aliphatic rings. The number of hydrogen-bond donors (Lipinski definition) is 1. The minimum absolute atomic E-state index is 0.0885. The number of aryl methyl sites for hydroxylation is 1. The maximum absolute atomic E-state index is 5.80. The molecule has 0 radical (unpaired) electrons. The third-order valence-corrected chi connectivity index (χ3v) is 2.34. The summed E-state index contributed by atoms with van der Waals surface area (Å²) in [6.45, 7) is 5.30. The molecule has 0 aliphatic carbocycles. The highest BCUT2D eigenvalue weighted by Gasteiger charge is 2.08. The first-order valence-electron chi connectivity index (χ1n) is 5.97. The van der Waals surface area contributed by atoms with Crippen molar-refractivity contribution in [1.82, 2.24) is 4.98 Å². The zero-order valence-electron chi connectivity index (χ0n) is 10.9. The minimum atomic E-state index is 0.0885. The lowest BCUT2D eigenvalue weighted by atomic mass is 10.1. The number of rotatable bonds is 7. The Bertz CT molecular complexity index is 340. The van der Waals surface area contributed by atoms with E-state index in [4.69, 9.17) is 15.2 Å². The van der Waals surface area contributed by atoms with E-state index in [1.807, 2.05) is 26.0 Å². The Morgan fingerprint density at radius 2 is 2.12 bits per heavy atom. The molecule has 2 N–H and O–H groups in total. The lowest BCUT2D eigenvalue weighted by Crippen LogP contribution is -2.19. The Hall–Kier alpha value is -1.13. The predicted molar refractivity (Wildman–Crippen MR) is 68.3 cm³/mol. The van der Waals surface area contributed by atoms with Crippen molar-refractivity contribution in [2.75, 3.05) is 20.3 Å². The predicted octanol–water partition coefficient (Wildman–Crippen LogP) is 1.70. The van der Waals surface area contributed by atoms with Crippen LogP contribution in [0.4, 0.5) is 0 Å². The summed E-state index contributed by atoms with van der Waals surface area (Å²) in [5, 5.41) is 0. The average Bonchev–Trinajstić information content (AvgIpc) is 2.26. The SMILES string of the molecule is COCCCOc1ccc(C)nc1CC(C)N. The smallest absolute Gasteiger partial charge is 0.140 e. The van der Waals surface area contributed by atoms with Crippen molar-refractivity contribution in [3.05, 3.63) is 23.5 Å². The maximum atomic E-state index is 5.80. The molecule has 0 amide bonds. The third kappa shape index (κ3) is 5.15. The summed E-state index contributed by atoms with van der Waals surface area (Å²) in [4.78, 5) is 4.48. The van der Waals surface area contributed by atoms with Crippen LogP contribution in [0.15, 0.2) is 12.1 Å². The van der Waals surface area contributed by atoms with Gasteiger partial charge in [-0.1, -0.05) is 0 Å². The van der Waals surface area contributed by atoms with Crippen LogP contribution >= 0.6 is 0 Å². The molecular weight excluding hydrogens is 216 g/mol. The fraction of sp³-hybridized carbons (Fsp3) is 0.615. The molecule has 0 saturated carbocycles. The van der Waals surface area contributed by atoms with Crippen LogP contribution in [0.25, 0.3) is 0 Å². The van der Waals surface area contributed by atoms with E-state index in [-0.39, 0.29) is 6.04 Å². The van der Waals surface area contributed by atoms with Gasteiger partial charge in [-0.05, 0) is 26.0 Å². The minimum Gasteiger partial charge on any atom is -0.492 e. The van der Waals surface area contributed by atoms with Gasteiger partial charge < -0.3 is 15.2 Å². The summed E-state index contributed by atoms with van der Waals surface area (Å²) in [6, 6.07) is 4.01. The van der Waals surface area contributed by atoms with Crippen molar-refractivity contribution < 1.29 is 9.47 Å². The van der Waals surface area contributed by atoms with Crippen LogP contribution < -0.4 is 10.5 Å². The topological polar surface area (TPSA) is 57.4 Å². The summed E-state index contributed by atoms with van der Waals surface area (Å²) in [6.07, 6.45) is 1.61. The monoisotopic (exact) mass is 238 g/mol. The quantitative estimate of drug-likeness (QED) is 0.734. The van der Waals surface area contributed by atoms with Crippen LogP contribution in [0.5, 0.6) is 5.75 Å². The van der Waals surface area contributed by atoms with E-state index < -0.39 is 0 Å². The number of nitrogens with two attached hydrogens (primary N) is 1. The highest BCUT2D eigenvalue weighted by Crippen LogP contribution is 2.18. The summed E-state index contributed by atoms with van der Waals surface area (Å²) in [5.74, 6) is 0.837. The number of pyridine rings is 1. The molecule has 1 unspecified atom stereocenters. The van der Waals surface area contributed by atoms with Gasteiger partial charge in [0.1, 0.15) is 5.75 Å². The van der Waals surface area contributed by atoms with E-state index in [1.165, 1.54) is 0 Å². The van der Waals surface area contributed by atoms with E-state index in [0.29, 0.717) is 13.2 Å². The van der Waals surface area contributed by atoms with Crippen LogP contribution in [-0.2, 0) is 11.2 Å². The molecule has 1 aromatic rings. The van der Waals surface area contributed by atoms with Gasteiger partial charge in [-0.25, -0.2) is 0 Å². The molecule has 1 rings (SSSR count). The van der Waals surface area contributed by atoms with E-state index in [0.717, 1.165) is 30.0 Å². The molecule has 0 aliphatic heterocycles. The first kappa shape index (κ1) is 13.9. The van der Waals surface area contributed by atoms with Gasteiger partial charge >= 0.3 is 0 Å². The molecule has 17 heavy (non-hydrogen) atoms. The standard InChI is InChI=1S/C13H22N2O2/c1-10(14)9-12-13(6-5-11(2)15-12)17-8-4-7-16-3/h5-6,10H,4,7-9,14H2,1-3H3. The van der Waals surface area contributed by atoms with Gasteiger partial charge in [0.25, 0.3) is 0 Å². The number of methoxy groups -OCH3 is 1. The molecule has 0 bridgehead atoms. The maximum Gasteiger partial charge on any atom is 0.140 e. The average molecular weight is 238 g/mol. The van der Waals surface area contributed by atoms with Crippen LogP contribution in [0.3, 0.4) is 0 Å². The first-order chi connectivity index (χ1) is 8.13. The van der Waals surface area contributed by atoms with Gasteiger partial charge in [-0.15, -0.1) is 0 Å². The van der Waals surface area contributed by atoms with Crippen molar-refractivity contribution in [2.24, 2.45) is 5.73 Å². The van der Waals surface area contributed by atoms with Crippen molar-refractivity contribution >= 4 is 0 Å². The number of nitrogens with zero attached hydrogens (tertiary/aromatic N) is 1. The molecular formula is C13H22N2O2. The Morgan fingerprint density at radius 3 is 2.76 bits per heavy atom. The van der Waals surface area contributed by atoms with E-state index in [2.05, 4.69) is 4.98 Å². The zero-order chi connectivity index (χ0) is 12.7. The van der Waals surface area contributed by atoms with Gasteiger partial charge in [0, 0.05) is 38.3 Å². The molecule has 0 spiro atoms. The Kier molecular flexibility index (Phi) is 5.94. The van der Waals surface area contributed by atoms with Crippen molar-refractivity contribution in [3.63, 3.8) is 0 Å². The molecule has 4 nitrogen and oxygen atoms in total. The highest BCUT2D eigenvalue weighted by atomic mass is 16.5. The van der Waals surface area contributed by atoms with Gasteiger partial charge in [0.05, 0.1) is 12.3 Å². The van der Waals surface area contributed by atoms with Crippen LogP contribution in [0.2, 0.25) is 0 Å². The van der Waals surface area contributed by atoms with Crippen molar-refractivity contribution in [1.29, 1.82) is 0 Å². The fourth-order valence-electron chi connectivity index (χ4n) is 1.57. The summed E-state index contributed by atoms with van der Waals surface area (Å²) in [7, 11) is 1.69. The number of hydrogen-bond acceptors (Lipinski definition) is 4. The normalized spacial score (nSPS) is 12.5. The lowest BCUT2D eigenvalue weighted by Gasteiger charge is -2.12. The van der Waals surface area contributed by atoms with Crippen LogP contribution in [0, 0.1) is 6.92 Å². The number of ether oxygens (including phenoxy) is 2. The zero-order valence-corrected chi connectivity index (χ0v) is 10.9. The fourth-order valence-corrected chi connectivity index (χ4v) is 1.57. The highest BCUT2D eigenvalue weighted by molar-refractivity contribution is 5.29. The van der Waals surface area contributed by atoms with E-state index >= 15 is 0 Å². The molecule has 1 atom stereocenters. The Balaban J connectivity index is 2.62. The van der Waals surface area contributed by atoms with Gasteiger partial charge in [-0.2, -0.15) is 0 Å². The second-order valence-corrected chi connectivity index (χ2v) is 4.27. The van der Waals surface area contributed by atoms with Crippen molar-refractivity contribution in [2.45, 2.75) is 32.7 Å². The second-order valence-electron chi connectivity index (χ2n) is 4.27. The molecule has 0 fully saturated rings. The van der Waals surface area contributed by atoms with Crippen LogP contribution in [0.1, 0.15) is 24.7 Å². The summed E-state index contributed by atoms with van der Waals surface area (Å²) < 4.78 is 10.7. The Morgan fingerprint density at radius 1 is 1.35 bits per heavy atom. The van der Waals surface area contributed by atoms with Gasteiger partial charge in [0.15, 0.2) is 0 Å². The molecule has 0 saturated heterocycles. The largest absolute Gasteiger partial charge is 0.492 e. The van der Waals surface area contributed by atoms with E-state index in [9.17, 15) is 0 Å². The molecule has 96 valence electrons. The third-order valence-electron chi connectivity index (χ3n) is 2.34. The summed E-state index contributed by atoms with van der Waals surface area (Å²) in [5.41, 5.74) is 7.74. The first-order valence-corrected chi connectivity index (χ1v) is 5.97.